The van der Waals surface area contributed by atoms with E-state index >= 15 is 0 Å². The molecule has 1 saturated carbocycles. The van der Waals surface area contributed by atoms with Crippen LogP contribution in [0, 0.1) is 5.82 Å². The molecule has 0 aromatic heterocycles. The summed E-state index contributed by atoms with van der Waals surface area (Å²) in [6.07, 6.45) is 1.72. The van der Waals surface area contributed by atoms with Gasteiger partial charge in [0, 0.05) is 18.1 Å². The fraction of sp³-hybridized carbons (Fsp3) is 0.500. The third-order valence-electron chi connectivity index (χ3n) is 3.15. The highest BCUT2D eigenvalue weighted by Gasteiger charge is 2.42. The van der Waals surface area contributed by atoms with Gasteiger partial charge < -0.3 is 14.6 Å². The van der Waals surface area contributed by atoms with Crippen molar-refractivity contribution in [1.82, 2.24) is 0 Å². The maximum atomic E-state index is 14.1. The number of hydrogen-bond acceptors (Lipinski definition) is 3. The zero-order chi connectivity index (χ0) is 12.0. The van der Waals surface area contributed by atoms with Crippen LogP contribution >= 0.6 is 15.9 Å². The Morgan fingerprint density at radius 1 is 1.35 bits per heavy atom. The van der Waals surface area contributed by atoms with Crippen molar-refractivity contribution in [3.63, 3.8) is 0 Å². The van der Waals surface area contributed by atoms with Crippen LogP contribution in [0.3, 0.4) is 0 Å². The van der Waals surface area contributed by atoms with Gasteiger partial charge in [0.15, 0.2) is 11.5 Å². The van der Waals surface area contributed by atoms with E-state index in [2.05, 4.69) is 15.9 Å². The summed E-state index contributed by atoms with van der Waals surface area (Å²) in [5.74, 6) is 0.621. The Kier molecular flexibility index (Phi) is 2.56. The highest BCUT2D eigenvalue weighted by Crippen LogP contribution is 2.45. The van der Waals surface area contributed by atoms with Gasteiger partial charge in [-0.05, 0) is 28.8 Å². The Hall–Kier alpha value is -0.810. The van der Waals surface area contributed by atoms with E-state index in [0.29, 0.717) is 47.6 Å². The zero-order valence-electron chi connectivity index (χ0n) is 9.13. The van der Waals surface area contributed by atoms with E-state index in [1.54, 1.807) is 6.07 Å². The van der Waals surface area contributed by atoms with Crippen molar-refractivity contribution >= 4 is 15.9 Å². The van der Waals surface area contributed by atoms with Gasteiger partial charge in [-0.3, -0.25) is 0 Å². The number of aliphatic hydroxyl groups is 1. The van der Waals surface area contributed by atoms with E-state index in [4.69, 9.17) is 9.47 Å². The molecule has 3 nitrogen and oxygen atoms in total. The minimum absolute atomic E-state index is 0.282. The van der Waals surface area contributed by atoms with E-state index in [-0.39, 0.29) is 12.2 Å². The zero-order valence-corrected chi connectivity index (χ0v) is 10.7. The molecule has 0 saturated heterocycles. The second kappa shape index (κ2) is 3.85. The highest BCUT2D eigenvalue weighted by molar-refractivity contribution is 9.10. The molecule has 92 valence electrons. The monoisotopic (exact) mass is 302 g/mol. The highest BCUT2D eigenvalue weighted by atomic mass is 79.9. The molecule has 0 atom stereocenters. The van der Waals surface area contributed by atoms with Crippen molar-refractivity contribution in [2.75, 3.05) is 13.2 Å². The van der Waals surface area contributed by atoms with Crippen LogP contribution in [-0.4, -0.2) is 23.9 Å². The molecule has 1 aromatic rings. The lowest BCUT2D eigenvalue weighted by Gasteiger charge is -2.23. The molecule has 1 fully saturated rings. The summed E-state index contributed by atoms with van der Waals surface area (Å²) in [6, 6.07) is 1.57. The van der Waals surface area contributed by atoms with Gasteiger partial charge >= 0.3 is 0 Å². The van der Waals surface area contributed by atoms with Crippen LogP contribution in [0.5, 0.6) is 11.5 Å². The topological polar surface area (TPSA) is 38.7 Å². The molecule has 1 aliphatic heterocycles. The van der Waals surface area contributed by atoms with Gasteiger partial charge in [0.25, 0.3) is 0 Å². The minimum atomic E-state index is -0.754. The summed E-state index contributed by atoms with van der Waals surface area (Å²) in [5, 5.41) is 9.92. The molecule has 0 amide bonds. The molecule has 1 N–H and O–H groups in total. The standard InChI is InChI=1S/C12H12BrFO3/c13-8-5-9-11(17-4-3-16-9)7(10(8)14)6-12(15)1-2-12/h5,15H,1-4,6H2. The smallest absolute Gasteiger partial charge is 0.167 e. The summed E-state index contributed by atoms with van der Waals surface area (Å²) < 4.78 is 25.3. The summed E-state index contributed by atoms with van der Waals surface area (Å²) in [4.78, 5) is 0. The molecule has 1 aliphatic carbocycles. The molecule has 17 heavy (non-hydrogen) atoms. The fourth-order valence-corrected chi connectivity index (χ4v) is 2.45. The average molecular weight is 303 g/mol. The molecule has 3 rings (SSSR count). The number of hydrogen-bond donors (Lipinski definition) is 1. The number of halogens is 2. The van der Waals surface area contributed by atoms with E-state index in [1.165, 1.54) is 0 Å². The Bertz CT molecular complexity index is 471. The lowest BCUT2D eigenvalue weighted by atomic mass is 10.0. The van der Waals surface area contributed by atoms with Crippen LogP contribution < -0.4 is 9.47 Å². The minimum Gasteiger partial charge on any atom is -0.486 e. The Labute approximate surface area is 107 Å². The molecule has 1 aromatic carbocycles. The van der Waals surface area contributed by atoms with E-state index in [9.17, 15) is 9.50 Å². The van der Waals surface area contributed by atoms with Gasteiger partial charge in [0.2, 0.25) is 0 Å². The van der Waals surface area contributed by atoms with Crippen LogP contribution in [0.2, 0.25) is 0 Å². The van der Waals surface area contributed by atoms with Gasteiger partial charge in [-0.2, -0.15) is 0 Å². The molecular formula is C12H12BrFO3. The van der Waals surface area contributed by atoms with Crippen LogP contribution in [0.25, 0.3) is 0 Å². The lowest BCUT2D eigenvalue weighted by Crippen LogP contribution is -2.20. The molecule has 0 bridgehead atoms. The quantitative estimate of drug-likeness (QED) is 0.912. The van der Waals surface area contributed by atoms with Crippen molar-refractivity contribution in [3.8, 4) is 11.5 Å². The SMILES string of the molecule is OC1(Cc2c(F)c(Br)cc3c2OCCO3)CC1. The number of rotatable bonds is 2. The van der Waals surface area contributed by atoms with Crippen molar-refractivity contribution in [2.45, 2.75) is 24.9 Å². The van der Waals surface area contributed by atoms with Crippen LogP contribution in [0.15, 0.2) is 10.5 Å². The average Bonchev–Trinajstić information content (AvgIpc) is 3.03. The largest absolute Gasteiger partial charge is 0.486 e. The van der Waals surface area contributed by atoms with Crippen molar-refractivity contribution < 1.29 is 19.0 Å². The Morgan fingerprint density at radius 3 is 2.76 bits per heavy atom. The molecule has 1 heterocycles. The summed E-state index contributed by atoms with van der Waals surface area (Å²) in [5.41, 5.74) is -0.343. The normalized spacial score (nSPS) is 20.2. The Balaban J connectivity index is 2.06. The summed E-state index contributed by atoms with van der Waals surface area (Å²) in [7, 11) is 0. The fourth-order valence-electron chi connectivity index (χ4n) is 2.01. The third-order valence-corrected chi connectivity index (χ3v) is 3.73. The second-order valence-corrected chi connectivity index (χ2v) is 5.43. The molecule has 0 spiro atoms. The molecule has 0 radical (unpaired) electrons. The predicted molar refractivity (Wildman–Crippen MR) is 63.0 cm³/mol. The lowest BCUT2D eigenvalue weighted by molar-refractivity contribution is 0.141. The number of benzene rings is 1. The first-order valence-corrected chi connectivity index (χ1v) is 6.37. The van der Waals surface area contributed by atoms with Crippen molar-refractivity contribution in [1.29, 1.82) is 0 Å². The van der Waals surface area contributed by atoms with Crippen LogP contribution in [-0.2, 0) is 6.42 Å². The first kappa shape index (κ1) is 11.3. The van der Waals surface area contributed by atoms with E-state index in [0.717, 1.165) is 0 Å². The van der Waals surface area contributed by atoms with Gasteiger partial charge in [0.1, 0.15) is 19.0 Å². The first-order chi connectivity index (χ1) is 8.09. The van der Waals surface area contributed by atoms with Crippen molar-refractivity contribution in [3.05, 3.63) is 21.9 Å². The Morgan fingerprint density at radius 2 is 2.06 bits per heavy atom. The second-order valence-electron chi connectivity index (χ2n) is 4.58. The van der Waals surface area contributed by atoms with Gasteiger partial charge in [0.05, 0.1) is 10.1 Å². The van der Waals surface area contributed by atoms with Crippen LogP contribution in [0.1, 0.15) is 18.4 Å². The van der Waals surface area contributed by atoms with Gasteiger partial charge in [-0.15, -0.1) is 0 Å². The third kappa shape index (κ3) is 2.02. The van der Waals surface area contributed by atoms with E-state index < -0.39 is 5.60 Å². The maximum absolute atomic E-state index is 14.1. The summed E-state index contributed by atoms with van der Waals surface area (Å²) >= 11 is 3.16. The first-order valence-electron chi connectivity index (χ1n) is 5.58. The van der Waals surface area contributed by atoms with Gasteiger partial charge in [-0.25, -0.2) is 4.39 Å². The predicted octanol–water partition coefficient (Wildman–Crippen LogP) is 2.43. The molecule has 0 unspecified atom stereocenters. The number of fused-ring (bicyclic) bond motifs is 1. The number of ether oxygens (including phenoxy) is 2. The van der Waals surface area contributed by atoms with Crippen LogP contribution in [0.4, 0.5) is 4.39 Å². The van der Waals surface area contributed by atoms with Gasteiger partial charge in [-0.1, -0.05) is 0 Å². The summed E-state index contributed by atoms with van der Waals surface area (Å²) in [6.45, 7) is 0.883. The molecule has 2 aliphatic rings. The maximum Gasteiger partial charge on any atom is 0.167 e. The molecular weight excluding hydrogens is 291 g/mol. The van der Waals surface area contributed by atoms with E-state index in [1.807, 2.05) is 0 Å². The van der Waals surface area contributed by atoms with Crippen molar-refractivity contribution in [2.24, 2.45) is 0 Å². The molecule has 5 heteroatoms.